The number of pyridine rings is 1. The third-order valence-electron chi connectivity index (χ3n) is 2.27. The summed E-state index contributed by atoms with van der Waals surface area (Å²) in [5.41, 5.74) is 2.05. The molecule has 0 radical (unpaired) electrons. The van der Waals surface area contributed by atoms with E-state index >= 15 is 0 Å². The summed E-state index contributed by atoms with van der Waals surface area (Å²) in [6.07, 6.45) is 3.59. The van der Waals surface area contributed by atoms with Gasteiger partial charge in [-0.3, -0.25) is 4.98 Å². The first-order valence-electron chi connectivity index (χ1n) is 5.44. The van der Waals surface area contributed by atoms with Crippen LogP contribution in [-0.4, -0.2) is 22.0 Å². The van der Waals surface area contributed by atoms with E-state index in [9.17, 15) is 0 Å². The smallest absolute Gasteiger partial charge is 0.224 e. The van der Waals surface area contributed by atoms with Crippen molar-refractivity contribution in [2.24, 2.45) is 0 Å². The van der Waals surface area contributed by atoms with Gasteiger partial charge < -0.3 is 10.6 Å². The standard InChI is InChI=1S/C12H15N5/c1-9-6-11(17-12(13-2)16-9)15-8-10-4-3-5-14-7-10/h3-7H,8H2,1-2H3,(H2,13,15,16,17). The molecule has 0 spiro atoms. The van der Waals surface area contributed by atoms with E-state index in [1.54, 1.807) is 13.2 Å². The van der Waals surface area contributed by atoms with Gasteiger partial charge in [-0.1, -0.05) is 6.07 Å². The molecule has 0 amide bonds. The van der Waals surface area contributed by atoms with Gasteiger partial charge in [-0.05, 0) is 18.6 Å². The second-order valence-corrected chi connectivity index (χ2v) is 3.68. The van der Waals surface area contributed by atoms with Crippen molar-refractivity contribution in [1.82, 2.24) is 15.0 Å². The molecule has 2 aromatic heterocycles. The lowest BCUT2D eigenvalue weighted by Crippen LogP contribution is -2.05. The average Bonchev–Trinajstić information content (AvgIpc) is 2.37. The molecule has 17 heavy (non-hydrogen) atoms. The fourth-order valence-corrected chi connectivity index (χ4v) is 1.47. The summed E-state index contributed by atoms with van der Waals surface area (Å²) in [6.45, 7) is 2.64. The molecule has 2 aromatic rings. The summed E-state index contributed by atoms with van der Waals surface area (Å²) >= 11 is 0. The van der Waals surface area contributed by atoms with Gasteiger partial charge in [-0.25, -0.2) is 4.98 Å². The summed E-state index contributed by atoms with van der Waals surface area (Å²) in [7, 11) is 1.81. The fraction of sp³-hybridized carbons (Fsp3) is 0.250. The molecule has 0 aliphatic heterocycles. The van der Waals surface area contributed by atoms with E-state index in [1.807, 2.05) is 31.3 Å². The number of aromatic nitrogens is 3. The second kappa shape index (κ2) is 5.25. The Balaban J connectivity index is 2.06. The van der Waals surface area contributed by atoms with E-state index < -0.39 is 0 Å². The number of nitrogens with one attached hydrogen (secondary N) is 2. The Labute approximate surface area is 100 Å². The van der Waals surface area contributed by atoms with E-state index in [1.165, 1.54) is 0 Å². The van der Waals surface area contributed by atoms with E-state index in [4.69, 9.17) is 0 Å². The van der Waals surface area contributed by atoms with Gasteiger partial charge in [0.15, 0.2) is 0 Å². The Morgan fingerprint density at radius 1 is 1.29 bits per heavy atom. The van der Waals surface area contributed by atoms with Crippen LogP contribution in [-0.2, 0) is 6.54 Å². The molecule has 0 aromatic carbocycles. The minimum absolute atomic E-state index is 0.624. The molecule has 0 saturated carbocycles. The Bertz CT molecular complexity index is 484. The first-order chi connectivity index (χ1) is 8.28. The number of hydrogen-bond donors (Lipinski definition) is 2. The lowest BCUT2D eigenvalue weighted by molar-refractivity contribution is 1.04. The number of nitrogens with zero attached hydrogens (tertiary/aromatic N) is 3. The molecule has 2 N–H and O–H groups in total. The maximum Gasteiger partial charge on any atom is 0.224 e. The molecule has 5 nitrogen and oxygen atoms in total. The topological polar surface area (TPSA) is 62.7 Å². The number of aryl methyl sites for hydroxylation is 1. The van der Waals surface area contributed by atoms with Gasteiger partial charge in [0.1, 0.15) is 5.82 Å². The number of anilines is 2. The molecule has 2 heterocycles. The Morgan fingerprint density at radius 2 is 2.18 bits per heavy atom. The van der Waals surface area contributed by atoms with Crippen LogP contribution in [0.3, 0.4) is 0 Å². The highest BCUT2D eigenvalue weighted by Crippen LogP contribution is 2.10. The third-order valence-corrected chi connectivity index (χ3v) is 2.27. The normalized spacial score (nSPS) is 10.0. The predicted molar refractivity (Wildman–Crippen MR) is 67.9 cm³/mol. The van der Waals surface area contributed by atoms with Gasteiger partial charge in [0.05, 0.1) is 0 Å². The van der Waals surface area contributed by atoms with Crippen molar-refractivity contribution in [2.75, 3.05) is 17.7 Å². The van der Waals surface area contributed by atoms with E-state index in [0.717, 1.165) is 17.1 Å². The van der Waals surface area contributed by atoms with Crippen LogP contribution in [0.1, 0.15) is 11.3 Å². The average molecular weight is 229 g/mol. The molecule has 0 aliphatic rings. The van der Waals surface area contributed by atoms with Gasteiger partial charge >= 0.3 is 0 Å². The zero-order valence-electron chi connectivity index (χ0n) is 9.94. The Morgan fingerprint density at radius 3 is 2.88 bits per heavy atom. The van der Waals surface area contributed by atoms with E-state index in [0.29, 0.717) is 12.5 Å². The first kappa shape index (κ1) is 11.3. The number of hydrogen-bond acceptors (Lipinski definition) is 5. The molecular formula is C12H15N5. The third kappa shape index (κ3) is 3.14. The zero-order chi connectivity index (χ0) is 12.1. The van der Waals surface area contributed by atoms with E-state index in [-0.39, 0.29) is 0 Å². The van der Waals surface area contributed by atoms with Crippen LogP contribution in [0.4, 0.5) is 11.8 Å². The molecule has 2 rings (SSSR count). The predicted octanol–water partition coefficient (Wildman–Crippen LogP) is 1.83. The van der Waals surface area contributed by atoms with Crippen molar-refractivity contribution in [3.63, 3.8) is 0 Å². The van der Waals surface area contributed by atoms with Gasteiger partial charge in [-0.2, -0.15) is 4.98 Å². The van der Waals surface area contributed by atoms with Crippen LogP contribution in [0.25, 0.3) is 0 Å². The summed E-state index contributed by atoms with van der Waals surface area (Å²) < 4.78 is 0. The highest BCUT2D eigenvalue weighted by molar-refractivity contribution is 5.42. The highest BCUT2D eigenvalue weighted by Gasteiger charge is 2.00. The Hall–Kier alpha value is -2.17. The minimum Gasteiger partial charge on any atom is -0.366 e. The monoisotopic (exact) mass is 229 g/mol. The maximum absolute atomic E-state index is 4.31. The number of rotatable bonds is 4. The highest BCUT2D eigenvalue weighted by atomic mass is 15.1. The van der Waals surface area contributed by atoms with Gasteiger partial charge in [0.25, 0.3) is 0 Å². The summed E-state index contributed by atoms with van der Waals surface area (Å²) in [5.74, 6) is 1.43. The first-order valence-corrected chi connectivity index (χ1v) is 5.44. The fourth-order valence-electron chi connectivity index (χ4n) is 1.47. The summed E-state index contributed by atoms with van der Waals surface area (Å²) in [4.78, 5) is 12.6. The van der Waals surface area contributed by atoms with Crippen LogP contribution in [0.15, 0.2) is 30.6 Å². The summed E-state index contributed by atoms with van der Waals surface area (Å²) in [6, 6.07) is 5.85. The quantitative estimate of drug-likeness (QED) is 0.837. The minimum atomic E-state index is 0.624. The van der Waals surface area contributed by atoms with E-state index in [2.05, 4.69) is 25.6 Å². The molecule has 88 valence electrons. The van der Waals surface area contributed by atoms with Crippen LogP contribution in [0.5, 0.6) is 0 Å². The molecule has 0 aliphatic carbocycles. The van der Waals surface area contributed by atoms with Crippen molar-refractivity contribution in [2.45, 2.75) is 13.5 Å². The maximum atomic E-state index is 4.31. The summed E-state index contributed by atoms with van der Waals surface area (Å²) in [5, 5.41) is 6.18. The lowest BCUT2D eigenvalue weighted by Gasteiger charge is -2.07. The zero-order valence-corrected chi connectivity index (χ0v) is 9.94. The molecule has 0 atom stereocenters. The van der Waals surface area contributed by atoms with Crippen molar-refractivity contribution in [1.29, 1.82) is 0 Å². The van der Waals surface area contributed by atoms with Gasteiger partial charge in [0, 0.05) is 37.7 Å². The second-order valence-electron chi connectivity index (χ2n) is 3.68. The van der Waals surface area contributed by atoms with Crippen LogP contribution in [0.2, 0.25) is 0 Å². The van der Waals surface area contributed by atoms with Crippen molar-refractivity contribution < 1.29 is 0 Å². The van der Waals surface area contributed by atoms with Crippen molar-refractivity contribution in [3.8, 4) is 0 Å². The Kier molecular flexibility index (Phi) is 3.49. The molecule has 0 bridgehead atoms. The SMILES string of the molecule is CNc1nc(C)cc(NCc2cccnc2)n1. The van der Waals surface area contributed by atoms with Crippen molar-refractivity contribution in [3.05, 3.63) is 41.9 Å². The van der Waals surface area contributed by atoms with Crippen LogP contribution in [0, 0.1) is 6.92 Å². The molecule has 5 heteroatoms. The molecule has 0 saturated heterocycles. The molecular weight excluding hydrogens is 214 g/mol. The van der Waals surface area contributed by atoms with Crippen LogP contribution < -0.4 is 10.6 Å². The lowest BCUT2D eigenvalue weighted by atomic mass is 10.3. The van der Waals surface area contributed by atoms with Gasteiger partial charge in [-0.15, -0.1) is 0 Å². The largest absolute Gasteiger partial charge is 0.366 e. The van der Waals surface area contributed by atoms with Crippen LogP contribution >= 0.6 is 0 Å². The molecule has 0 fully saturated rings. The van der Waals surface area contributed by atoms with Gasteiger partial charge in [0.2, 0.25) is 5.95 Å². The van der Waals surface area contributed by atoms with Crippen molar-refractivity contribution >= 4 is 11.8 Å². The molecule has 0 unspecified atom stereocenters.